The maximum absolute atomic E-state index is 11.6. The molecule has 3 aromatic carbocycles. The zero-order valence-corrected chi connectivity index (χ0v) is 12.2. The van der Waals surface area contributed by atoms with E-state index < -0.39 is 5.97 Å². The molecular weight excluding hydrogens is 276 g/mol. The summed E-state index contributed by atoms with van der Waals surface area (Å²) < 4.78 is 4.73. The summed E-state index contributed by atoms with van der Waals surface area (Å²) in [6.45, 7) is 0. The summed E-state index contributed by atoms with van der Waals surface area (Å²) in [6, 6.07) is 19.0. The number of benzene rings is 3. The zero-order chi connectivity index (χ0) is 15.5. The van der Waals surface area contributed by atoms with Crippen LogP contribution in [0.25, 0.3) is 10.8 Å². The van der Waals surface area contributed by atoms with Crippen LogP contribution in [0.5, 0.6) is 5.75 Å². The maximum Gasteiger partial charge on any atom is 0.337 e. The lowest BCUT2D eigenvalue weighted by Crippen LogP contribution is -2.02. The molecule has 0 unspecified atom stereocenters. The van der Waals surface area contributed by atoms with Crippen molar-refractivity contribution < 1.29 is 14.6 Å². The minimum atomic E-state index is -0.404. The van der Waals surface area contributed by atoms with Crippen LogP contribution in [0.2, 0.25) is 0 Å². The van der Waals surface area contributed by atoms with E-state index in [4.69, 9.17) is 4.74 Å². The van der Waals surface area contributed by atoms with E-state index in [-0.39, 0.29) is 5.75 Å². The SMILES string of the molecule is COC(=O)c1ccc(O)c(Cc2cccc3ccccc23)c1. The van der Waals surface area contributed by atoms with Crippen LogP contribution in [0.3, 0.4) is 0 Å². The summed E-state index contributed by atoms with van der Waals surface area (Å²) in [5.74, 6) is -0.222. The number of hydrogen-bond donors (Lipinski definition) is 1. The van der Waals surface area contributed by atoms with Crippen LogP contribution in [0.15, 0.2) is 60.7 Å². The molecule has 0 amide bonds. The Morgan fingerprint density at radius 2 is 1.77 bits per heavy atom. The number of hydrogen-bond acceptors (Lipinski definition) is 3. The predicted molar refractivity (Wildman–Crippen MR) is 86.2 cm³/mol. The summed E-state index contributed by atoms with van der Waals surface area (Å²) in [6.07, 6.45) is 0.554. The Hall–Kier alpha value is -2.81. The molecule has 0 fully saturated rings. The minimum absolute atomic E-state index is 0.181. The van der Waals surface area contributed by atoms with E-state index in [1.807, 2.05) is 24.3 Å². The number of carbonyl (C=O) groups excluding carboxylic acids is 1. The summed E-state index contributed by atoms with van der Waals surface area (Å²) in [7, 11) is 1.35. The summed E-state index contributed by atoms with van der Waals surface area (Å²) >= 11 is 0. The molecule has 0 aliphatic rings. The second kappa shape index (κ2) is 5.90. The van der Waals surface area contributed by atoms with Crippen molar-refractivity contribution in [1.29, 1.82) is 0 Å². The van der Waals surface area contributed by atoms with Crippen LogP contribution in [0.1, 0.15) is 21.5 Å². The van der Waals surface area contributed by atoms with Gasteiger partial charge in [-0.2, -0.15) is 0 Å². The van der Waals surface area contributed by atoms with Crippen molar-refractivity contribution in [3.05, 3.63) is 77.4 Å². The number of phenols is 1. The Morgan fingerprint density at radius 3 is 2.59 bits per heavy atom. The van der Waals surface area contributed by atoms with Gasteiger partial charge < -0.3 is 9.84 Å². The van der Waals surface area contributed by atoms with Gasteiger partial charge >= 0.3 is 5.97 Å². The van der Waals surface area contributed by atoms with E-state index in [2.05, 4.69) is 18.2 Å². The van der Waals surface area contributed by atoms with Crippen molar-refractivity contribution in [2.45, 2.75) is 6.42 Å². The highest BCUT2D eigenvalue weighted by atomic mass is 16.5. The van der Waals surface area contributed by atoms with Crippen LogP contribution in [-0.2, 0) is 11.2 Å². The van der Waals surface area contributed by atoms with Crippen molar-refractivity contribution in [2.75, 3.05) is 7.11 Å². The first-order valence-corrected chi connectivity index (χ1v) is 7.06. The van der Waals surface area contributed by atoms with E-state index in [9.17, 15) is 9.90 Å². The maximum atomic E-state index is 11.6. The zero-order valence-electron chi connectivity index (χ0n) is 12.2. The third-order valence-corrected chi connectivity index (χ3v) is 3.76. The number of esters is 1. The van der Waals surface area contributed by atoms with Crippen LogP contribution < -0.4 is 0 Å². The van der Waals surface area contributed by atoms with Crippen LogP contribution >= 0.6 is 0 Å². The fourth-order valence-corrected chi connectivity index (χ4v) is 2.62. The predicted octanol–water partition coefficient (Wildman–Crippen LogP) is 3.92. The van der Waals surface area contributed by atoms with Crippen LogP contribution in [0.4, 0.5) is 0 Å². The summed E-state index contributed by atoms with van der Waals surface area (Å²) in [4.78, 5) is 11.6. The van der Waals surface area contributed by atoms with Gasteiger partial charge in [0, 0.05) is 6.42 Å². The molecule has 3 heteroatoms. The molecule has 110 valence electrons. The van der Waals surface area contributed by atoms with Gasteiger partial charge in [-0.05, 0) is 40.1 Å². The fraction of sp³-hybridized carbons (Fsp3) is 0.105. The molecule has 0 aliphatic carbocycles. The molecule has 1 N–H and O–H groups in total. The molecule has 22 heavy (non-hydrogen) atoms. The molecule has 3 aromatic rings. The standard InChI is InChI=1S/C19H16O3/c1-22-19(21)15-9-10-18(20)16(12-15)11-14-7-4-6-13-5-2-3-8-17(13)14/h2-10,12,20H,11H2,1H3. The second-order valence-electron chi connectivity index (χ2n) is 5.15. The van der Waals surface area contributed by atoms with E-state index in [0.29, 0.717) is 17.5 Å². The number of rotatable bonds is 3. The highest BCUT2D eigenvalue weighted by Gasteiger charge is 2.11. The highest BCUT2D eigenvalue weighted by Crippen LogP contribution is 2.26. The lowest BCUT2D eigenvalue weighted by Gasteiger charge is -2.09. The van der Waals surface area contributed by atoms with Gasteiger partial charge in [0.1, 0.15) is 5.75 Å². The first-order chi connectivity index (χ1) is 10.7. The molecular formula is C19H16O3. The molecule has 0 heterocycles. The molecule has 0 spiro atoms. The number of carbonyl (C=O) groups is 1. The number of ether oxygens (including phenoxy) is 1. The Morgan fingerprint density at radius 1 is 1.00 bits per heavy atom. The van der Waals surface area contributed by atoms with E-state index in [1.54, 1.807) is 12.1 Å². The average molecular weight is 292 g/mol. The first-order valence-electron chi connectivity index (χ1n) is 7.06. The van der Waals surface area contributed by atoms with Crippen LogP contribution in [-0.4, -0.2) is 18.2 Å². The van der Waals surface area contributed by atoms with Gasteiger partial charge in [-0.3, -0.25) is 0 Å². The molecule has 0 aromatic heterocycles. The van der Waals surface area contributed by atoms with Crippen LogP contribution in [0, 0.1) is 0 Å². The first kappa shape index (κ1) is 14.1. The molecule has 3 nitrogen and oxygen atoms in total. The van der Waals surface area contributed by atoms with Gasteiger partial charge in [0.2, 0.25) is 0 Å². The Balaban J connectivity index is 2.03. The highest BCUT2D eigenvalue weighted by molar-refractivity contribution is 5.90. The Kier molecular flexibility index (Phi) is 3.79. The Bertz CT molecular complexity index is 832. The lowest BCUT2D eigenvalue weighted by molar-refractivity contribution is 0.0600. The topological polar surface area (TPSA) is 46.5 Å². The number of phenolic OH excluding ortho intramolecular Hbond substituents is 1. The number of fused-ring (bicyclic) bond motifs is 1. The second-order valence-corrected chi connectivity index (χ2v) is 5.15. The molecule has 0 aliphatic heterocycles. The van der Waals surface area contributed by atoms with Gasteiger partial charge in [0.05, 0.1) is 12.7 Å². The van der Waals surface area contributed by atoms with Crippen molar-refractivity contribution in [2.24, 2.45) is 0 Å². The molecule has 0 bridgehead atoms. The minimum Gasteiger partial charge on any atom is -0.508 e. The largest absolute Gasteiger partial charge is 0.508 e. The summed E-state index contributed by atoms with van der Waals surface area (Å²) in [5, 5.41) is 12.4. The normalized spacial score (nSPS) is 10.6. The molecule has 0 atom stereocenters. The van der Waals surface area contributed by atoms with Crippen molar-refractivity contribution in [3.8, 4) is 5.75 Å². The van der Waals surface area contributed by atoms with Gasteiger partial charge in [0.25, 0.3) is 0 Å². The van der Waals surface area contributed by atoms with E-state index in [1.165, 1.54) is 13.2 Å². The number of aromatic hydroxyl groups is 1. The molecule has 0 saturated heterocycles. The monoisotopic (exact) mass is 292 g/mol. The van der Waals surface area contributed by atoms with Gasteiger partial charge in [-0.15, -0.1) is 0 Å². The van der Waals surface area contributed by atoms with Gasteiger partial charge in [-0.1, -0.05) is 42.5 Å². The smallest absolute Gasteiger partial charge is 0.337 e. The Labute approximate surface area is 128 Å². The van der Waals surface area contributed by atoms with Crippen molar-refractivity contribution >= 4 is 16.7 Å². The molecule has 3 rings (SSSR count). The molecule has 0 saturated carbocycles. The lowest BCUT2D eigenvalue weighted by atomic mass is 9.97. The van der Waals surface area contributed by atoms with Gasteiger partial charge in [-0.25, -0.2) is 4.79 Å². The summed E-state index contributed by atoms with van der Waals surface area (Å²) in [5.41, 5.74) is 2.25. The third kappa shape index (κ3) is 2.66. The van der Waals surface area contributed by atoms with E-state index in [0.717, 1.165) is 16.3 Å². The van der Waals surface area contributed by atoms with Crippen molar-refractivity contribution in [3.63, 3.8) is 0 Å². The van der Waals surface area contributed by atoms with Gasteiger partial charge in [0.15, 0.2) is 0 Å². The average Bonchev–Trinajstić information content (AvgIpc) is 2.56. The fourth-order valence-electron chi connectivity index (χ4n) is 2.62. The quantitative estimate of drug-likeness (QED) is 0.744. The third-order valence-electron chi connectivity index (χ3n) is 3.76. The number of methoxy groups -OCH3 is 1. The van der Waals surface area contributed by atoms with Crippen molar-refractivity contribution in [1.82, 2.24) is 0 Å². The molecule has 0 radical (unpaired) electrons. The van der Waals surface area contributed by atoms with E-state index >= 15 is 0 Å².